The smallest absolute Gasteiger partial charge is 0.263 e. The summed E-state index contributed by atoms with van der Waals surface area (Å²) in [7, 11) is -13.2. The molecule has 12 aromatic rings. The number of aryl methyl sites for hydroxylation is 1. The molecule has 5 atom stereocenters. The van der Waals surface area contributed by atoms with Gasteiger partial charge in [-0.15, -0.1) is 45.3 Å². The van der Waals surface area contributed by atoms with Gasteiger partial charge >= 0.3 is 0 Å². The molecule has 20 rings (SSSR count). The molecule has 12 heterocycles. The van der Waals surface area contributed by atoms with Crippen molar-refractivity contribution in [2.24, 2.45) is 0 Å². The molecule has 0 saturated carbocycles. The van der Waals surface area contributed by atoms with Gasteiger partial charge in [-0.1, -0.05) is 54.4 Å². The Bertz CT molecular complexity index is 6530. The number of sulfonamides is 4. The lowest BCUT2D eigenvalue weighted by molar-refractivity contribution is -0.122. The van der Waals surface area contributed by atoms with Gasteiger partial charge in [-0.2, -0.15) is 0 Å². The highest BCUT2D eigenvalue weighted by Gasteiger charge is 2.44. The van der Waals surface area contributed by atoms with Gasteiger partial charge in [-0.3, -0.25) is 38.2 Å². The van der Waals surface area contributed by atoms with Crippen LogP contribution >= 0.6 is 68.5 Å². The predicted octanol–water partition coefficient (Wildman–Crippen LogP) is 17.3. The van der Waals surface area contributed by atoms with Crippen molar-refractivity contribution < 1.29 is 68.6 Å². The van der Waals surface area contributed by atoms with Crippen LogP contribution in [-0.4, -0.2) is 166 Å². The molecule has 0 bridgehead atoms. The van der Waals surface area contributed by atoms with E-state index in [0.717, 1.165) is 110 Å². The van der Waals surface area contributed by atoms with Crippen molar-refractivity contribution in [2.45, 2.75) is 115 Å². The summed E-state index contributed by atoms with van der Waals surface area (Å²) >= 11 is 17.5. The second-order valence-electron chi connectivity index (χ2n) is 31.4. The molecular formula is C88H103Cl2FN16O12S8. The number of anilines is 11. The van der Waals surface area contributed by atoms with Gasteiger partial charge in [0.15, 0.2) is 20.5 Å². The van der Waals surface area contributed by atoms with Crippen LogP contribution in [0.25, 0.3) is 0 Å². The Labute approximate surface area is 773 Å². The molecule has 4 aromatic heterocycles. The minimum absolute atomic E-state index is 0. The van der Waals surface area contributed by atoms with Crippen LogP contribution in [0.5, 0.6) is 5.75 Å². The summed E-state index contributed by atoms with van der Waals surface area (Å²) in [4.78, 5) is 72.6. The third-order valence-corrected chi connectivity index (χ3v) is 33.1. The van der Waals surface area contributed by atoms with E-state index in [-0.39, 0.29) is 72.7 Å². The Hall–Kier alpha value is -10.8. The lowest BCUT2D eigenvalue weighted by Crippen LogP contribution is -2.44. The lowest BCUT2D eigenvalue weighted by Gasteiger charge is -2.36. The number of nitrogens with zero attached hydrogens (tertiary/aromatic N) is 12. The van der Waals surface area contributed by atoms with Crippen molar-refractivity contribution in [3.8, 4) is 5.75 Å². The second kappa shape index (κ2) is 37.5. The molecule has 1 unspecified atom stereocenters. The van der Waals surface area contributed by atoms with E-state index >= 15 is 0 Å². The molecule has 39 heteroatoms. The zero-order valence-electron chi connectivity index (χ0n) is 68.6. The average Bonchev–Trinajstić information content (AvgIpc) is 1.62. The van der Waals surface area contributed by atoms with Crippen molar-refractivity contribution >= 4 is 187 Å². The zero-order chi connectivity index (χ0) is 88.5. The molecule has 8 aliphatic rings. The highest BCUT2D eigenvalue weighted by atomic mass is 35.5. The third-order valence-electron chi connectivity index (χ3n) is 23.8. The number of methoxy groups -OCH3 is 1. The summed E-state index contributed by atoms with van der Waals surface area (Å²) in [6.07, 6.45) is 13.1. The first-order chi connectivity index (χ1) is 61.2. The maximum absolute atomic E-state index is 13.6. The van der Waals surface area contributed by atoms with Crippen LogP contribution in [0.4, 0.5) is 64.7 Å². The van der Waals surface area contributed by atoms with Crippen molar-refractivity contribution in [1.29, 1.82) is 0 Å². The Kier molecular flexibility index (Phi) is 26.0. The van der Waals surface area contributed by atoms with Crippen molar-refractivity contribution in [2.75, 3.05) is 119 Å². The van der Waals surface area contributed by atoms with Crippen LogP contribution in [0.2, 0.25) is 10.0 Å². The number of ether oxygens (including phenoxy) is 1. The van der Waals surface area contributed by atoms with E-state index in [9.17, 15) is 52.4 Å². The quantitative estimate of drug-likeness (QED) is 0.0519. The number of benzene rings is 8. The van der Waals surface area contributed by atoms with E-state index in [2.05, 4.69) is 94.5 Å². The third kappa shape index (κ3) is 19.2. The number of amides is 3. The summed E-state index contributed by atoms with van der Waals surface area (Å²) in [5.74, 6) is 0.807. The van der Waals surface area contributed by atoms with Gasteiger partial charge in [0.25, 0.3) is 40.1 Å². The largest absolute Gasteiger partial charge is 0.495 e. The fourth-order valence-electron chi connectivity index (χ4n) is 17.6. The van der Waals surface area contributed by atoms with Crippen molar-refractivity contribution in [1.82, 2.24) is 24.8 Å². The van der Waals surface area contributed by atoms with Crippen LogP contribution in [0.15, 0.2) is 236 Å². The molecule has 4 fully saturated rings. The van der Waals surface area contributed by atoms with Gasteiger partial charge in [0.05, 0.1) is 37.8 Å². The van der Waals surface area contributed by atoms with E-state index in [0.29, 0.717) is 106 Å². The molecule has 127 heavy (non-hydrogen) atoms. The first-order valence-electron chi connectivity index (χ1n) is 41.1. The van der Waals surface area contributed by atoms with Gasteiger partial charge in [0.1, 0.15) is 23.7 Å². The van der Waals surface area contributed by atoms with E-state index in [1.807, 2.05) is 48.5 Å². The fourth-order valence-corrected chi connectivity index (χ4v) is 25.3. The monoisotopic (exact) mass is 1920 g/mol. The number of carbonyl (C=O) groups excluding carboxylic acids is 3. The number of hydrogen-bond acceptors (Lipinski definition) is 25. The SMILES string of the molecule is CC1CN([C@H]2CCN(c3ccc(S(=O)(=O)Nc4nccs4)cc3)C2=O)c2ccccc21.COc1ccc2c(c1Cl)CCN2[C@H]1CCN(c2ccc(S(=O)(=O)Nc3nccs3)cc2)C1=O.O=C1[C@@H](N2CCc3ccc(F)cc3C2)CCN1c1ccc(S(=O)(=O)Nc2nccs2)cc1.O=S(=O)(Nc1nccs1)c1ccc(N2CC[C@H](N3CCCc4cc(Cl)ccc43)C2)cc1.[HH].[HH].[HH].[HH].[HH].[HH].[HH].[HH]. The molecule has 4 saturated heterocycles. The molecule has 28 nitrogen and oxygen atoms in total. The maximum atomic E-state index is 13.6. The fraction of sp³-hybridized carbons (Fsp3) is 0.284. The molecular weight excluding hydrogens is 1820 g/mol. The number of fused-ring (bicyclic) bond motifs is 4. The summed E-state index contributed by atoms with van der Waals surface area (Å²) < 4.78 is 129. The normalized spacial score (nSPS) is 19.2. The highest BCUT2D eigenvalue weighted by molar-refractivity contribution is 7.94. The molecule has 8 aliphatic heterocycles. The number of hydrogen-bond donors (Lipinski definition) is 4. The van der Waals surface area contributed by atoms with Gasteiger partial charge < -0.3 is 39.0 Å². The lowest BCUT2D eigenvalue weighted by atomic mass is 9.98. The standard InChI is InChI=1S/C22H21ClN4O4S2.C22H23ClN4O2S2.C22H21FN4O3S2.C22H22N4O3S2.8H2/c1-31-19-7-6-17-16(20(19)23)8-11-27(17)18-9-12-26(21(18)28)14-2-4-15(5-3-14)33(29,30)25-22-24-10-13-32-22;23-17-3-8-21-16(14-17)2-1-11-27(21)19-9-12-26(15-19)18-4-6-20(7-5-18)31(28,29)25-22-24-10-13-30-22;23-17-2-1-15-7-10-26(14-16(15)13-17)20-8-11-27(21(20)28)18-3-5-19(6-4-18)32(29,30)25-22-24-9-12-31-22;1-15-14-26(19-5-3-2-4-18(15)19)20-10-12-25(21(20)27)16-6-8-17(9-7-16)31(28,29)24-22-23-11-13-30-22;;;;;;;;/h2-7,10,13,18H,8-9,11-12H2,1H3,(H,24,25);3-8,10,13-14,19H,1-2,9,11-12,15H2,(H,24,25);1-6,9,12-13,20H,7-8,10-11,14H2,(H,24,25);2-9,11,13,15,20H,10,12,14H2,1H3,(H,23,24);8*1H/t18-;19-;20-;15?,20-;;;;;;;;/m0000......../s1. The molecule has 8 aromatic carbocycles. The van der Waals surface area contributed by atoms with Gasteiger partial charge in [0, 0.05) is 180 Å². The second-order valence-corrected chi connectivity index (χ2v) is 42.5. The average molecular weight is 1920 g/mol. The molecule has 3 amide bonds. The minimum Gasteiger partial charge on any atom is -0.495 e. The Morgan fingerprint density at radius 2 is 0.913 bits per heavy atom. The predicted molar refractivity (Wildman–Crippen MR) is 516 cm³/mol. The Balaban J connectivity index is 0.000000198. The van der Waals surface area contributed by atoms with Crippen molar-refractivity contribution in [3.05, 3.63) is 260 Å². The van der Waals surface area contributed by atoms with Crippen LogP contribution in [0.3, 0.4) is 0 Å². The van der Waals surface area contributed by atoms with E-state index < -0.39 is 40.1 Å². The topological polar surface area (TPSA) is 323 Å². The van der Waals surface area contributed by atoms with E-state index in [1.54, 1.807) is 110 Å². The van der Waals surface area contributed by atoms with E-state index in [4.69, 9.17) is 27.9 Å². The highest BCUT2D eigenvalue weighted by Crippen LogP contribution is 2.44. The maximum Gasteiger partial charge on any atom is 0.263 e. The first-order valence-corrected chi connectivity index (χ1v) is 51.3. The number of rotatable bonds is 21. The van der Waals surface area contributed by atoms with Crippen molar-refractivity contribution in [3.63, 3.8) is 0 Å². The number of aromatic nitrogens is 4. The molecule has 0 aliphatic carbocycles. The minimum atomic E-state index is -3.74. The number of halogens is 3. The van der Waals surface area contributed by atoms with Crippen LogP contribution in [-0.2, 0) is 80.3 Å². The number of thiazole rings is 4. The zero-order valence-corrected chi connectivity index (χ0v) is 76.6. The van der Waals surface area contributed by atoms with Crippen LogP contribution in [0, 0.1) is 5.82 Å². The molecule has 0 radical (unpaired) electrons. The summed E-state index contributed by atoms with van der Waals surface area (Å²) in [6, 6.07) is 49.0. The van der Waals surface area contributed by atoms with E-state index in [1.165, 1.54) is 117 Å². The molecule has 4 N–H and O–H groups in total. The molecule has 676 valence electrons. The van der Waals surface area contributed by atoms with Crippen LogP contribution < -0.4 is 57.9 Å². The number of nitrogens with one attached hydrogen (secondary N) is 4. The summed E-state index contributed by atoms with van der Waals surface area (Å²) in [5.41, 5.74) is 12.2. The van der Waals surface area contributed by atoms with Gasteiger partial charge in [-0.25, -0.2) is 58.0 Å². The summed E-state index contributed by atoms with van der Waals surface area (Å²) in [6.45, 7) is 9.71. The number of para-hydroxylation sites is 1. The summed E-state index contributed by atoms with van der Waals surface area (Å²) in [5, 5.41) is 9.52. The van der Waals surface area contributed by atoms with Crippen LogP contribution in [0.1, 0.15) is 84.2 Å². The molecule has 0 spiro atoms. The Morgan fingerprint density at radius 3 is 1.41 bits per heavy atom. The first kappa shape index (κ1) is 88.2. The van der Waals surface area contributed by atoms with Gasteiger partial charge in [-0.05, 0) is 225 Å². The number of carbonyl (C=O) groups is 3. The Morgan fingerprint density at radius 1 is 0.441 bits per heavy atom. The van der Waals surface area contributed by atoms with Gasteiger partial charge in [0.2, 0.25) is 17.7 Å².